The highest BCUT2D eigenvalue weighted by Crippen LogP contribution is 2.30. The van der Waals surface area contributed by atoms with Gasteiger partial charge in [-0.3, -0.25) is 0 Å². The van der Waals surface area contributed by atoms with Gasteiger partial charge in [-0.2, -0.15) is 0 Å². The lowest BCUT2D eigenvalue weighted by molar-refractivity contribution is -0.274. The molecule has 6 heteroatoms. The van der Waals surface area contributed by atoms with Gasteiger partial charge in [0.1, 0.15) is 11.3 Å². The van der Waals surface area contributed by atoms with Crippen LogP contribution in [0.1, 0.15) is 15.9 Å². The maximum atomic E-state index is 12.2. The molecule has 0 amide bonds. The highest BCUT2D eigenvalue weighted by molar-refractivity contribution is 5.92. The summed E-state index contributed by atoms with van der Waals surface area (Å²) in [6, 6.07) is 10.7. The number of benzene rings is 2. The maximum absolute atomic E-state index is 12.2. The van der Waals surface area contributed by atoms with Gasteiger partial charge < -0.3 is 9.84 Å². The second kappa shape index (κ2) is 5.47. The molecule has 21 heavy (non-hydrogen) atoms. The molecule has 0 unspecified atom stereocenters. The number of alkyl halides is 3. The molecule has 0 bridgehead atoms. The molecule has 2 rings (SSSR count). The lowest BCUT2D eigenvalue weighted by Gasteiger charge is -2.12. The van der Waals surface area contributed by atoms with Gasteiger partial charge >= 0.3 is 12.3 Å². The topological polar surface area (TPSA) is 46.5 Å². The highest BCUT2D eigenvalue weighted by Gasteiger charge is 2.33. The van der Waals surface area contributed by atoms with Gasteiger partial charge in [0, 0.05) is 0 Å². The summed E-state index contributed by atoms with van der Waals surface area (Å²) in [6.07, 6.45) is -4.93. The molecule has 0 spiro atoms. The predicted octanol–water partition coefficient (Wildman–Crippen LogP) is 4.26. The summed E-state index contributed by atoms with van der Waals surface area (Å²) in [4.78, 5) is 11.1. The van der Waals surface area contributed by atoms with Crippen molar-refractivity contribution in [2.45, 2.75) is 13.3 Å². The third-order valence-corrected chi connectivity index (χ3v) is 2.82. The number of carboxylic acid groups (broad SMARTS) is 1. The Morgan fingerprint density at radius 1 is 1.05 bits per heavy atom. The van der Waals surface area contributed by atoms with Gasteiger partial charge in [-0.15, -0.1) is 13.2 Å². The third kappa shape index (κ3) is 3.75. The zero-order valence-electron chi connectivity index (χ0n) is 10.9. The SMILES string of the molecule is Cc1ccc(-c2ccc(OC(F)(F)F)c(C(=O)O)c2)cc1. The molecule has 0 aliphatic rings. The number of aryl methyl sites for hydroxylation is 1. The van der Waals surface area contributed by atoms with Gasteiger partial charge in [0.25, 0.3) is 0 Å². The lowest BCUT2D eigenvalue weighted by atomic mass is 10.0. The zero-order chi connectivity index (χ0) is 15.6. The molecule has 1 N–H and O–H groups in total. The van der Waals surface area contributed by atoms with Gasteiger partial charge in [0.2, 0.25) is 0 Å². The lowest BCUT2D eigenvalue weighted by Crippen LogP contribution is -2.19. The molecule has 0 radical (unpaired) electrons. The summed E-state index contributed by atoms with van der Waals surface area (Å²) >= 11 is 0. The van der Waals surface area contributed by atoms with Crippen molar-refractivity contribution in [3.63, 3.8) is 0 Å². The van der Waals surface area contributed by atoms with Crippen molar-refractivity contribution in [2.75, 3.05) is 0 Å². The van der Waals surface area contributed by atoms with Gasteiger partial charge in [-0.1, -0.05) is 35.9 Å². The average molecular weight is 296 g/mol. The van der Waals surface area contributed by atoms with Crippen LogP contribution in [0.5, 0.6) is 5.75 Å². The number of aromatic carboxylic acids is 1. The molecule has 0 saturated carbocycles. The first-order valence-electron chi connectivity index (χ1n) is 5.96. The Labute approximate surface area is 118 Å². The summed E-state index contributed by atoms with van der Waals surface area (Å²) in [6.45, 7) is 1.90. The van der Waals surface area contributed by atoms with Crippen LogP contribution in [0.3, 0.4) is 0 Å². The van der Waals surface area contributed by atoms with Crippen molar-refractivity contribution < 1.29 is 27.8 Å². The Morgan fingerprint density at radius 2 is 1.62 bits per heavy atom. The number of carbonyl (C=O) groups is 1. The highest BCUT2D eigenvalue weighted by atomic mass is 19.4. The molecule has 0 aromatic heterocycles. The van der Waals surface area contributed by atoms with Crippen LogP contribution in [0, 0.1) is 6.92 Å². The standard InChI is InChI=1S/C15H11F3O3/c1-9-2-4-10(5-3-9)11-6-7-13(21-15(16,17)18)12(8-11)14(19)20/h2-8H,1H3,(H,19,20). The number of carboxylic acids is 1. The molecule has 3 nitrogen and oxygen atoms in total. The normalized spacial score (nSPS) is 11.2. The monoisotopic (exact) mass is 296 g/mol. The van der Waals surface area contributed by atoms with Crippen LogP contribution in [-0.2, 0) is 0 Å². The Balaban J connectivity index is 2.45. The fraction of sp³-hybridized carbons (Fsp3) is 0.133. The van der Waals surface area contributed by atoms with Gasteiger partial charge in [0.15, 0.2) is 0 Å². The molecular formula is C15H11F3O3. The Hall–Kier alpha value is -2.50. The van der Waals surface area contributed by atoms with Crippen molar-refractivity contribution in [1.82, 2.24) is 0 Å². The number of halogens is 3. The van der Waals surface area contributed by atoms with E-state index in [0.717, 1.165) is 17.7 Å². The second-order valence-corrected chi connectivity index (χ2v) is 4.43. The Bertz CT molecular complexity index is 661. The van der Waals surface area contributed by atoms with Crippen molar-refractivity contribution >= 4 is 5.97 Å². The van der Waals surface area contributed by atoms with E-state index in [1.807, 2.05) is 19.1 Å². The molecule has 0 aliphatic carbocycles. The van der Waals surface area contributed by atoms with E-state index in [1.165, 1.54) is 6.07 Å². The summed E-state index contributed by atoms with van der Waals surface area (Å²) in [7, 11) is 0. The molecule has 110 valence electrons. The van der Waals surface area contributed by atoms with E-state index < -0.39 is 23.6 Å². The van der Waals surface area contributed by atoms with Crippen LogP contribution < -0.4 is 4.74 Å². The maximum Gasteiger partial charge on any atom is 0.573 e. The minimum Gasteiger partial charge on any atom is -0.478 e. The third-order valence-electron chi connectivity index (χ3n) is 2.82. The van der Waals surface area contributed by atoms with Crippen LogP contribution in [0.2, 0.25) is 0 Å². The van der Waals surface area contributed by atoms with Crippen molar-refractivity contribution in [3.8, 4) is 16.9 Å². The summed E-state index contributed by atoms with van der Waals surface area (Å²) in [5, 5.41) is 9.03. The zero-order valence-corrected chi connectivity index (χ0v) is 10.9. The molecule has 0 aliphatic heterocycles. The Morgan fingerprint density at radius 3 is 2.14 bits per heavy atom. The minimum absolute atomic E-state index is 0.502. The number of hydrogen-bond donors (Lipinski definition) is 1. The Kier molecular flexibility index (Phi) is 3.88. The van der Waals surface area contributed by atoms with E-state index in [4.69, 9.17) is 5.11 Å². The van der Waals surface area contributed by atoms with Crippen LogP contribution in [0.25, 0.3) is 11.1 Å². The van der Waals surface area contributed by atoms with Crippen molar-refractivity contribution in [3.05, 3.63) is 53.6 Å². The molecule has 0 heterocycles. The minimum atomic E-state index is -4.93. The largest absolute Gasteiger partial charge is 0.573 e. The average Bonchev–Trinajstić information content (AvgIpc) is 2.38. The van der Waals surface area contributed by atoms with E-state index in [1.54, 1.807) is 12.1 Å². The van der Waals surface area contributed by atoms with Gasteiger partial charge in [0.05, 0.1) is 0 Å². The van der Waals surface area contributed by atoms with Crippen LogP contribution in [0.4, 0.5) is 13.2 Å². The molecular weight excluding hydrogens is 285 g/mol. The predicted molar refractivity (Wildman–Crippen MR) is 70.3 cm³/mol. The summed E-state index contributed by atoms with van der Waals surface area (Å²) < 4.78 is 40.4. The first kappa shape index (κ1) is 14.9. The first-order valence-corrected chi connectivity index (χ1v) is 5.96. The molecule has 2 aromatic carbocycles. The van der Waals surface area contributed by atoms with Crippen molar-refractivity contribution in [2.24, 2.45) is 0 Å². The second-order valence-electron chi connectivity index (χ2n) is 4.43. The fourth-order valence-corrected chi connectivity index (χ4v) is 1.84. The van der Waals surface area contributed by atoms with E-state index >= 15 is 0 Å². The van der Waals surface area contributed by atoms with Crippen molar-refractivity contribution in [1.29, 1.82) is 0 Å². The van der Waals surface area contributed by atoms with E-state index in [9.17, 15) is 18.0 Å². The number of hydrogen-bond acceptors (Lipinski definition) is 2. The fourth-order valence-electron chi connectivity index (χ4n) is 1.84. The van der Waals surface area contributed by atoms with Crippen LogP contribution in [-0.4, -0.2) is 17.4 Å². The number of ether oxygens (including phenoxy) is 1. The first-order chi connectivity index (χ1) is 9.76. The number of rotatable bonds is 3. The van der Waals surface area contributed by atoms with Gasteiger partial charge in [-0.25, -0.2) is 4.79 Å². The van der Waals surface area contributed by atoms with Crippen LogP contribution in [0.15, 0.2) is 42.5 Å². The molecule has 0 saturated heterocycles. The van der Waals surface area contributed by atoms with E-state index in [0.29, 0.717) is 11.1 Å². The summed E-state index contributed by atoms with van der Waals surface area (Å²) in [5.74, 6) is -2.21. The smallest absolute Gasteiger partial charge is 0.478 e. The summed E-state index contributed by atoms with van der Waals surface area (Å²) in [5.41, 5.74) is 1.70. The van der Waals surface area contributed by atoms with Crippen LogP contribution >= 0.6 is 0 Å². The van der Waals surface area contributed by atoms with E-state index in [2.05, 4.69) is 4.74 Å². The molecule has 2 aromatic rings. The van der Waals surface area contributed by atoms with E-state index in [-0.39, 0.29) is 0 Å². The molecule has 0 fully saturated rings. The molecule has 0 atom stereocenters. The quantitative estimate of drug-likeness (QED) is 0.920. The van der Waals surface area contributed by atoms with Gasteiger partial charge in [-0.05, 0) is 30.2 Å².